The molecule has 4 aromatic rings. The maximum absolute atomic E-state index is 13.9. The Morgan fingerprint density at radius 2 is 1.74 bits per heavy atom. The molecule has 0 spiro atoms. The van der Waals surface area contributed by atoms with Gasteiger partial charge in [0, 0.05) is 43.2 Å². The summed E-state index contributed by atoms with van der Waals surface area (Å²) in [7, 11) is 0. The highest BCUT2D eigenvalue weighted by Crippen LogP contribution is 2.42. The van der Waals surface area contributed by atoms with E-state index in [-0.39, 0.29) is 18.7 Å². The van der Waals surface area contributed by atoms with Crippen LogP contribution in [0.1, 0.15) is 84.3 Å². The van der Waals surface area contributed by atoms with Gasteiger partial charge >= 0.3 is 12.2 Å². The Balaban J connectivity index is 1.34. The molecule has 244 valence electrons. The van der Waals surface area contributed by atoms with Crippen molar-refractivity contribution in [2.45, 2.75) is 96.9 Å². The van der Waals surface area contributed by atoms with Gasteiger partial charge in [0.1, 0.15) is 22.8 Å². The molecule has 6 rings (SSSR count). The van der Waals surface area contributed by atoms with E-state index in [1.165, 1.54) is 0 Å². The molecule has 2 fully saturated rings. The first kappa shape index (κ1) is 31.4. The first-order valence-electron chi connectivity index (χ1n) is 16.1. The summed E-state index contributed by atoms with van der Waals surface area (Å²) < 4.78 is 15.1. The Labute approximate surface area is 269 Å². The highest BCUT2D eigenvalue weighted by molar-refractivity contribution is 5.88. The number of fused-ring (bicyclic) bond motifs is 1. The zero-order chi connectivity index (χ0) is 32.6. The molecule has 0 bridgehead atoms. The SMILES string of the molecule is CC(C)(C)OC(=O)N1CCC[C@H](Nc2cc(N(Cc3ccc(-n4cccn4)cc3)C(=O)OC(C)(C)C)n3ncc(C4CC4)c3n2)C1. The van der Waals surface area contributed by atoms with E-state index in [0.29, 0.717) is 36.3 Å². The molecule has 12 nitrogen and oxygen atoms in total. The standard InChI is InChI=1S/C34H44N8O4/c1-33(2,3)45-31(43)39-17-7-9-25(22-39)37-28-19-29(42-30(38-28)27(20-36-42)24-12-13-24)40(32(44)46-34(4,5)6)21-23-10-14-26(15-11-23)41-18-8-16-35-41/h8,10-11,14-16,18-20,24-25H,7,9,12-13,17,21-22H2,1-6H3,(H,37,38)/t25-/m0/s1. The minimum atomic E-state index is -0.705. The van der Waals surface area contributed by atoms with Crippen molar-refractivity contribution in [2.24, 2.45) is 0 Å². The van der Waals surface area contributed by atoms with Crippen LogP contribution in [-0.2, 0) is 16.0 Å². The van der Waals surface area contributed by atoms with Gasteiger partial charge in [0.2, 0.25) is 0 Å². The molecule has 2 amide bonds. The van der Waals surface area contributed by atoms with Crippen LogP contribution < -0.4 is 10.2 Å². The van der Waals surface area contributed by atoms with Gasteiger partial charge in [-0.2, -0.15) is 14.7 Å². The molecule has 1 aromatic carbocycles. The van der Waals surface area contributed by atoms with Crippen LogP contribution in [0.25, 0.3) is 11.3 Å². The quantitative estimate of drug-likeness (QED) is 0.245. The molecule has 46 heavy (non-hydrogen) atoms. The van der Waals surface area contributed by atoms with Crippen LogP contribution in [0.15, 0.2) is 55.0 Å². The van der Waals surface area contributed by atoms with Crippen molar-refractivity contribution in [2.75, 3.05) is 23.3 Å². The van der Waals surface area contributed by atoms with Gasteiger partial charge in [0.25, 0.3) is 0 Å². The summed E-state index contributed by atoms with van der Waals surface area (Å²) >= 11 is 0. The van der Waals surface area contributed by atoms with Crippen molar-refractivity contribution in [3.05, 3.63) is 66.1 Å². The summed E-state index contributed by atoms with van der Waals surface area (Å²) in [5, 5.41) is 12.6. The van der Waals surface area contributed by atoms with Crippen molar-refractivity contribution < 1.29 is 19.1 Å². The Hall–Kier alpha value is -4.61. The monoisotopic (exact) mass is 628 g/mol. The number of carbonyl (C=O) groups is 2. The lowest BCUT2D eigenvalue weighted by Gasteiger charge is -2.34. The number of anilines is 2. The van der Waals surface area contributed by atoms with Crippen molar-refractivity contribution in [3.63, 3.8) is 0 Å². The number of hydrogen-bond acceptors (Lipinski definition) is 8. The van der Waals surface area contributed by atoms with E-state index < -0.39 is 17.3 Å². The van der Waals surface area contributed by atoms with Crippen LogP contribution in [0.4, 0.5) is 21.2 Å². The molecule has 1 saturated heterocycles. The number of rotatable bonds is 7. The van der Waals surface area contributed by atoms with Crippen LogP contribution in [0, 0.1) is 0 Å². The predicted octanol–water partition coefficient (Wildman–Crippen LogP) is 6.55. The van der Waals surface area contributed by atoms with Crippen LogP contribution in [0.2, 0.25) is 0 Å². The summed E-state index contributed by atoms with van der Waals surface area (Å²) in [5.41, 5.74) is 2.34. The Morgan fingerprint density at radius 1 is 1.00 bits per heavy atom. The van der Waals surface area contributed by atoms with Crippen molar-refractivity contribution >= 4 is 29.5 Å². The second-order valence-corrected chi connectivity index (χ2v) is 14.2. The van der Waals surface area contributed by atoms with Crippen LogP contribution >= 0.6 is 0 Å². The number of ether oxygens (including phenoxy) is 2. The van der Waals surface area contributed by atoms with E-state index in [1.54, 1.807) is 25.2 Å². The Morgan fingerprint density at radius 3 is 2.39 bits per heavy atom. The number of nitrogens with one attached hydrogen (secondary N) is 1. The van der Waals surface area contributed by atoms with Gasteiger partial charge in [-0.15, -0.1) is 0 Å². The van der Waals surface area contributed by atoms with Gasteiger partial charge in [-0.25, -0.2) is 19.3 Å². The molecule has 2 aliphatic rings. The molecule has 0 unspecified atom stereocenters. The van der Waals surface area contributed by atoms with E-state index in [4.69, 9.17) is 19.6 Å². The predicted molar refractivity (Wildman–Crippen MR) is 175 cm³/mol. The summed E-state index contributed by atoms with van der Waals surface area (Å²) in [5.74, 6) is 1.56. The Kier molecular flexibility index (Phi) is 8.39. The third-order valence-electron chi connectivity index (χ3n) is 7.86. The first-order valence-corrected chi connectivity index (χ1v) is 16.1. The molecule has 1 saturated carbocycles. The number of aromatic nitrogens is 5. The average Bonchev–Trinajstić information content (AvgIpc) is 3.49. The smallest absolute Gasteiger partial charge is 0.416 e. The maximum Gasteiger partial charge on any atom is 0.416 e. The highest BCUT2D eigenvalue weighted by Gasteiger charge is 2.32. The highest BCUT2D eigenvalue weighted by atomic mass is 16.6. The van der Waals surface area contributed by atoms with E-state index in [2.05, 4.69) is 10.4 Å². The summed E-state index contributed by atoms with van der Waals surface area (Å²) in [4.78, 5) is 35.1. The molecular weight excluding hydrogens is 584 g/mol. The van der Waals surface area contributed by atoms with Crippen LogP contribution in [0.5, 0.6) is 0 Å². The van der Waals surface area contributed by atoms with E-state index in [0.717, 1.165) is 42.5 Å². The van der Waals surface area contributed by atoms with Gasteiger partial charge in [-0.1, -0.05) is 12.1 Å². The molecule has 12 heteroatoms. The van der Waals surface area contributed by atoms with E-state index in [9.17, 15) is 9.59 Å². The lowest BCUT2D eigenvalue weighted by atomic mass is 10.1. The minimum Gasteiger partial charge on any atom is -0.444 e. The average molecular weight is 629 g/mol. The minimum absolute atomic E-state index is 0.0406. The fourth-order valence-corrected chi connectivity index (χ4v) is 5.62. The zero-order valence-electron chi connectivity index (χ0n) is 27.6. The second-order valence-electron chi connectivity index (χ2n) is 14.2. The molecule has 3 aromatic heterocycles. The third-order valence-corrected chi connectivity index (χ3v) is 7.86. The summed E-state index contributed by atoms with van der Waals surface area (Å²) in [6.07, 6.45) is 8.57. The lowest BCUT2D eigenvalue weighted by molar-refractivity contribution is 0.0206. The first-order chi connectivity index (χ1) is 21.8. The molecule has 1 N–H and O–H groups in total. The molecule has 1 aliphatic heterocycles. The molecular formula is C34H44N8O4. The van der Waals surface area contributed by atoms with Gasteiger partial charge < -0.3 is 19.7 Å². The number of benzene rings is 1. The number of amides is 2. The second kappa shape index (κ2) is 12.3. The number of hydrogen-bond donors (Lipinski definition) is 1. The largest absolute Gasteiger partial charge is 0.444 e. The maximum atomic E-state index is 13.9. The molecule has 1 aliphatic carbocycles. The topological polar surface area (TPSA) is 119 Å². The van der Waals surface area contributed by atoms with Crippen molar-refractivity contribution in [3.8, 4) is 5.69 Å². The van der Waals surface area contributed by atoms with Crippen molar-refractivity contribution in [1.29, 1.82) is 0 Å². The van der Waals surface area contributed by atoms with Gasteiger partial charge in [-0.05, 0) is 96.9 Å². The summed E-state index contributed by atoms with van der Waals surface area (Å²) in [6, 6.07) is 11.6. The van der Waals surface area contributed by atoms with E-state index in [1.807, 2.05) is 90.3 Å². The van der Waals surface area contributed by atoms with E-state index >= 15 is 0 Å². The summed E-state index contributed by atoms with van der Waals surface area (Å²) in [6.45, 7) is 12.6. The number of piperidine rings is 1. The molecule has 1 atom stereocenters. The molecule has 4 heterocycles. The van der Waals surface area contributed by atoms with Crippen molar-refractivity contribution in [1.82, 2.24) is 29.3 Å². The lowest BCUT2D eigenvalue weighted by Crippen LogP contribution is -2.47. The van der Waals surface area contributed by atoms with Gasteiger partial charge in [-0.3, -0.25) is 4.90 Å². The number of carbonyl (C=O) groups excluding carboxylic acids is 2. The van der Waals surface area contributed by atoms with Gasteiger partial charge in [0.15, 0.2) is 5.65 Å². The number of nitrogens with zero attached hydrogens (tertiary/aromatic N) is 7. The van der Waals surface area contributed by atoms with Crippen LogP contribution in [0.3, 0.4) is 0 Å². The Bertz CT molecular complexity index is 1680. The number of likely N-dealkylation sites (tertiary alicyclic amines) is 1. The third kappa shape index (κ3) is 7.43. The normalized spacial score (nSPS) is 17.2. The zero-order valence-corrected chi connectivity index (χ0v) is 27.6. The fraction of sp³-hybridized carbons (Fsp3) is 0.500. The molecule has 0 radical (unpaired) electrons. The fourth-order valence-electron chi connectivity index (χ4n) is 5.62. The van der Waals surface area contributed by atoms with Crippen LogP contribution in [-0.4, -0.2) is 71.8 Å². The van der Waals surface area contributed by atoms with Gasteiger partial charge in [0.05, 0.1) is 18.4 Å².